The van der Waals surface area contributed by atoms with Gasteiger partial charge in [-0.2, -0.15) is 0 Å². The molecular weight excluding hydrogens is 200 g/mol. The highest BCUT2D eigenvalue weighted by molar-refractivity contribution is 5.77. The molecule has 3 N–H and O–H groups in total. The molecule has 1 rings (SSSR count). The SMILES string of the molecule is C=C(C)CN=C(N)NCCN1CCCCC1. The van der Waals surface area contributed by atoms with Crippen molar-refractivity contribution in [3.63, 3.8) is 0 Å². The summed E-state index contributed by atoms with van der Waals surface area (Å²) >= 11 is 0. The zero-order chi connectivity index (χ0) is 11.8. The third kappa shape index (κ3) is 5.75. The van der Waals surface area contributed by atoms with E-state index in [2.05, 4.69) is 21.8 Å². The molecule has 0 radical (unpaired) electrons. The third-order valence-electron chi connectivity index (χ3n) is 2.70. The van der Waals surface area contributed by atoms with Crippen molar-refractivity contribution in [2.45, 2.75) is 26.2 Å². The van der Waals surface area contributed by atoms with Crippen LogP contribution in [0.5, 0.6) is 0 Å². The topological polar surface area (TPSA) is 53.6 Å². The maximum absolute atomic E-state index is 5.72. The molecule has 16 heavy (non-hydrogen) atoms. The lowest BCUT2D eigenvalue weighted by Gasteiger charge is -2.26. The first-order valence-corrected chi connectivity index (χ1v) is 6.09. The molecule has 4 heteroatoms. The Kier molecular flexibility index (Phi) is 5.93. The van der Waals surface area contributed by atoms with Crippen molar-refractivity contribution < 1.29 is 0 Å². The molecule has 1 aliphatic heterocycles. The molecule has 0 aliphatic carbocycles. The van der Waals surface area contributed by atoms with Crippen molar-refractivity contribution in [3.8, 4) is 0 Å². The standard InChI is InChI=1S/C12H24N4/c1-11(2)10-15-12(13)14-6-9-16-7-4-3-5-8-16/h1,3-10H2,2H3,(H3,13,14,15). The Morgan fingerprint density at radius 2 is 2.06 bits per heavy atom. The monoisotopic (exact) mass is 224 g/mol. The fourth-order valence-corrected chi connectivity index (χ4v) is 1.80. The summed E-state index contributed by atoms with van der Waals surface area (Å²) in [7, 11) is 0. The Bertz CT molecular complexity index is 241. The minimum absolute atomic E-state index is 0.528. The maximum Gasteiger partial charge on any atom is 0.188 e. The molecule has 0 unspecified atom stereocenters. The summed E-state index contributed by atoms with van der Waals surface area (Å²) in [5.74, 6) is 0.528. The second-order valence-electron chi connectivity index (χ2n) is 4.49. The van der Waals surface area contributed by atoms with E-state index in [4.69, 9.17) is 5.73 Å². The van der Waals surface area contributed by atoms with E-state index < -0.39 is 0 Å². The minimum atomic E-state index is 0.528. The Morgan fingerprint density at radius 3 is 2.69 bits per heavy atom. The minimum Gasteiger partial charge on any atom is -0.370 e. The quantitative estimate of drug-likeness (QED) is 0.415. The van der Waals surface area contributed by atoms with Crippen LogP contribution in [0.3, 0.4) is 0 Å². The third-order valence-corrected chi connectivity index (χ3v) is 2.70. The lowest BCUT2D eigenvalue weighted by molar-refractivity contribution is 0.232. The molecule has 92 valence electrons. The van der Waals surface area contributed by atoms with Gasteiger partial charge in [-0.3, -0.25) is 0 Å². The summed E-state index contributed by atoms with van der Waals surface area (Å²) in [4.78, 5) is 6.65. The summed E-state index contributed by atoms with van der Waals surface area (Å²) in [5, 5.41) is 3.13. The average molecular weight is 224 g/mol. The number of likely N-dealkylation sites (tertiary alicyclic amines) is 1. The van der Waals surface area contributed by atoms with Crippen molar-refractivity contribution in [2.75, 3.05) is 32.7 Å². The molecule has 0 spiro atoms. The summed E-state index contributed by atoms with van der Waals surface area (Å²) in [6.07, 6.45) is 4.05. The van der Waals surface area contributed by atoms with Crippen molar-refractivity contribution >= 4 is 5.96 Å². The fourth-order valence-electron chi connectivity index (χ4n) is 1.80. The van der Waals surface area contributed by atoms with Gasteiger partial charge in [-0.15, -0.1) is 0 Å². The van der Waals surface area contributed by atoms with Crippen LogP contribution in [0.15, 0.2) is 17.1 Å². The zero-order valence-corrected chi connectivity index (χ0v) is 10.3. The van der Waals surface area contributed by atoms with Crippen LogP contribution in [-0.4, -0.2) is 43.6 Å². The Balaban J connectivity index is 2.09. The van der Waals surface area contributed by atoms with Crippen LogP contribution in [0, 0.1) is 0 Å². The van der Waals surface area contributed by atoms with E-state index in [1.54, 1.807) is 0 Å². The van der Waals surface area contributed by atoms with E-state index in [0.717, 1.165) is 18.7 Å². The van der Waals surface area contributed by atoms with Gasteiger partial charge < -0.3 is 16.0 Å². The Hall–Kier alpha value is -1.03. The van der Waals surface area contributed by atoms with E-state index in [-0.39, 0.29) is 0 Å². The molecule has 0 aromatic heterocycles. The maximum atomic E-state index is 5.72. The summed E-state index contributed by atoms with van der Waals surface area (Å²) in [5.41, 5.74) is 6.75. The normalized spacial score (nSPS) is 18.4. The molecule has 4 nitrogen and oxygen atoms in total. The van der Waals surface area contributed by atoms with E-state index >= 15 is 0 Å². The van der Waals surface area contributed by atoms with Crippen LogP contribution < -0.4 is 11.1 Å². The Morgan fingerprint density at radius 1 is 1.38 bits per heavy atom. The number of guanidine groups is 1. The number of piperidine rings is 1. The number of nitrogens with one attached hydrogen (secondary N) is 1. The first kappa shape index (κ1) is 13.0. The molecule has 0 atom stereocenters. The molecule has 0 amide bonds. The lowest BCUT2D eigenvalue weighted by atomic mass is 10.1. The predicted octanol–water partition coefficient (Wildman–Crippen LogP) is 0.953. The van der Waals surface area contributed by atoms with Gasteiger partial charge in [0.1, 0.15) is 0 Å². The molecule has 1 saturated heterocycles. The van der Waals surface area contributed by atoms with Crippen LogP contribution in [-0.2, 0) is 0 Å². The van der Waals surface area contributed by atoms with Crippen molar-refractivity contribution in [2.24, 2.45) is 10.7 Å². The smallest absolute Gasteiger partial charge is 0.188 e. The van der Waals surface area contributed by atoms with E-state index in [9.17, 15) is 0 Å². The highest BCUT2D eigenvalue weighted by Crippen LogP contribution is 2.07. The largest absolute Gasteiger partial charge is 0.370 e. The van der Waals surface area contributed by atoms with Gasteiger partial charge in [0, 0.05) is 13.1 Å². The second kappa shape index (κ2) is 7.28. The van der Waals surface area contributed by atoms with Gasteiger partial charge in [0.2, 0.25) is 0 Å². The van der Waals surface area contributed by atoms with Gasteiger partial charge in [-0.1, -0.05) is 18.6 Å². The van der Waals surface area contributed by atoms with Crippen molar-refractivity contribution in [1.82, 2.24) is 10.2 Å². The number of rotatable bonds is 5. The van der Waals surface area contributed by atoms with Crippen LogP contribution in [0.4, 0.5) is 0 Å². The van der Waals surface area contributed by atoms with E-state index in [1.165, 1.54) is 32.4 Å². The van der Waals surface area contributed by atoms with Crippen LogP contribution in [0.25, 0.3) is 0 Å². The van der Waals surface area contributed by atoms with Crippen molar-refractivity contribution in [3.05, 3.63) is 12.2 Å². The molecular formula is C12H24N4. The first-order chi connectivity index (χ1) is 7.68. The number of aliphatic imine (C=N–C) groups is 1. The first-order valence-electron chi connectivity index (χ1n) is 6.09. The van der Waals surface area contributed by atoms with Gasteiger partial charge >= 0.3 is 0 Å². The average Bonchev–Trinajstić information content (AvgIpc) is 2.28. The molecule has 0 bridgehead atoms. The van der Waals surface area contributed by atoms with Gasteiger partial charge in [-0.05, 0) is 32.9 Å². The van der Waals surface area contributed by atoms with Gasteiger partial charge in [-0.25, -0.2) is 4.99 Å². The molecule has 1 fully saturated rings. The molecule has 0 aromatic carbocycles. The van der Waals surface area contributed by atoms with Crippen molar-refractivity contribution in [1.29, 1.82) is 0 Å². The zero-order valence-electron chi connectivity index (χ0n) is 10.3. The van der Waals surface area contributed by atoms with Crippen LogP contribution >= 0.6 is 0 Å². The Labute approximate surface area is 98.6 Å². The second-order valence-corrected chi connectivity index (χ2v) is 4.49. The highest BCUT2D eigenvalue weighted by Gasteiger charge is 2.08. The molecule has 0 saturated carbocycles. The number of hydrogen-bond acceptors (Lipinski definition) is 2. The lowest BCUT2D eigenvalue weighted by Crippen LogP contribution is -2.40. The number of nitrogens with two attached hydrogens (primary N) is 1. The summed E-state index contributed by atoms with van der Waals surface area (Å²) < 4.78 is 0. The van der Waals surface area contributed by atoms with Crippen LogP contribution in [0.1, 0.15) is 26.2 Å². The highest BCUT2D eigenvalue weighted by atomic mass is 15.2. The van der Waals surface area contributed by atoms with E-state index in [0.29, 0.717) is 12.5 Å². The number of nitrogens with zero attached hydrogens (tertiary/aromatic N) is 2. The summed E-state index contributed by atoms with van der Waals surface area (Å²) in [6, 6.07) is 0. The van der Waals surface area contributed by atoms with Gasteiger partial charge in [0.15, 0.2) is 5.96 Å². The predicted molar refractivity (Wildman–Crippen MR) is 69.6 cm³/mol. The van der Waals surface area contributed by atoms with E-state index in [1.807, 2.05) is 6.92 Å². The molecule has 1 heterocycles. The van der Waals surface area contributed by atoms with Gasteiger partial charge in [0.25, 0.3) is 0 Å². The summed E-state index contributed by atoms with van der Waals surface area (Å²) in [6.45, 7) is 10.7. The fraction of sp³-hybridized carbons (Fsp3) is 0.750. The number of hydrogen-bond donors (Lipinski definition) is 2. The van der Waals surface area contributed by atoms with Crippen LogP contribution in [0.2, 0.25) is 0 Å². The molecule has 0 aromatic rings. The molecule has 1 aliphatic rings. The van der Waals surface area contributed by atoms with Gasteiger partial charge in [0.05, 0.1) is 6.54 Å².